The first kappa shape index (κ1) is 28.0. The zero-order chi connectivity index (χ0) is 28.9. The number of benzene rings is 4. The highest BCUT2D eigenvalue weighted by molar-refractivity contribution is 8.18. The van der Waals surface area contributed by atoms with Gasteiger partial charge in [0.15, 0.2) is 18.1 Å². The maximum Gasteiger partial charge on any atom is 0.293 e. The molecule has 0 unspecified atom stereocenters. The average molecular weight is 567 g/mol. The van der Waals surface area contributed by atoms with E-state index in [1.54, 1.807) is 24.3 Å². The van der Waals surface area contributed by atoms with Crippen LogP contribution in [0, 0.1) is 0 Å². The number of ether oxygens (including phenoxy) is 2. The molecule has 0 atom stereocenters. The topological polar surface area (TPSA) is 84.9 Å². The van der Waals surface area contributed by atoms with Gasteiger partial charge in [-0.3, -0.25) is 19.3 Å². The van der Waals surface area contributed by atoms with Crippen LogP contribution < -0.4 is 14.8 Å². The SMILES string of the molecule is COc1cc(/C=C2\SC(=O)N(Cc3cccc4ccccc34)C2=O)ccc1OCC(=O)Nc1ccccc1C(C)C. The Morgan fingerprint density at radius 1 is 0.951 bits per heavy atom. The minimum atomic E-state index is -0.342. The number of methoxy groups -OCH3 is 1. The molecule has 0 radical (unpaired) electrons. The molecule has 3 amide bonds. The lowest BCUT2D eigenvalue weighted by Crippen LogP contribution is -2.27. The van der Waals surface area contributed by atoms with E-state index in [1.807, 2.05) is 66.7 Å². The number of nitrogens with zero attached hydrogens (tertiary/aromatic N) is 1. The van der Waals surface area contributed by atoms with Crippen LogP contribution in [-0.4, -0.2) is 35.7 Å². The Labute approximate surface area is 243 Å². The van der Waals surface area contributed by atoms with Gasteiger partial charge in [-0.25, -0.2) is 0 Å². The van der Waals surface area contributed by atoms with Crippen LogP contribution in [-0.2, 0) is 16.1 Å². The third-order valence-corrected chi connectivity index (χ3v) is 7.69. The van der Waals surface area contributed by atoms with Crippen LogP contribution in [0.1, 0.15) is 36.5 Å². The van der Waals surface area contributed by atoms with Crippen LogP contribution in [0.3, 0.4) is 0 Å². The number of carbonyl (C=O) groups is 3. The molecule has 7 nitrogen and oxygen atoms in total. The van der Waals surface area contributed by atoms with Gasteiger partial charge >= 0.3 is 0 Å². The molecule has 4 aromatic rings. The second-order valence-corrected chi connectivity index (χ2v) is 10.9. The Kier molecular flexibility index (Phi) is 8.40. The van der Waals surface area contributed by atoms with E-state index in [-0.39, 0.29) is 36.1 Å². The van der Waals surface area contributed by atoms with Crippen LogP contribution in [0.15, 0.2) is 89.8 Å². The minimum absolute atomic E-state index is 0.198. The van der Waals surface area contributed by atoms with Crippen LogP contribution in [0.4, 0.5) is 10.5 Å². The molecule has 0 spiro atoms. The fourth-order valence-corrected chi connectivity index (χ4v) is 5.56. The van der Waals surface area contributed by atoms with Gasteiger partial charge in [0.25, 0.3) is 17.1 Å². The van der Waals surface area contributed by atoms with Crippen molar-refractivity contribution in [1.29, 1.82) is 0 Å². The predicted molar refractivity (Wildman–Crippen MR) is 163 cm³/mol. The monoisotopic (exact) mass is 566 g/mol. The molecule has 1 aliphatic rings. The van der Waals surface area contributed by atoms with Gasteiger partial charge in [0.2, 0.25) is 0 Å². The third kappa shape index (κ3) is 6.28. The van der Waals surface area contributed by atoms with Gasteiger partial charge in [0.1, 0.15) is 0 Å². The lowest BCUT2D eigenvalue weighted by atomic mass is 10.0. The van der Waals surface area contributed by atoms with Crippen molar-refractivity contribution in [2.75, 3.05) is 19.0 Å². The molecule has 0 saturated carbocycles. The van der Waals surface area contributed by atoms with Crippen LogP contribution in [0.5, 0.6) is 11.5 Å². The lowest BCUT2D eigenvalue weighted by molar-refractivity contribution is -0.123. The summed E-state index contributed by atoms with van der Waals surface area (Å²) >= 11 is 0.911. The highest BCUT2D eigenvalue weighted by Gasteiger charge is 2.35. The smallest absolute Gasteiger partial charge is 0.293 e. The van der Waals surface area contributed by atoms with E-state index in [4.69, 9.17) is 9.47 Å². The number of fused-ring (bicyclic) bond motifs is 1. The van der Waals surface area contributed by atoms with Crippen molar-refractivity contribution < 1.29 is 23.9 Å². The van der Waals surface area contributed by atoms with Gasteiger partial charge in [-0.2, -0.15) is 0 Å². The number of para-hydroxylation sites is 1. The quantitative estimate of drug-likeness (QED) is 0.215. The van der Waals surface area contributed by atoms with Crippen molar-refractivity contribution in [3.63, 3.8) is 0 Å². The summed E-state index contributed by atoms with van der Waals surface area (Å²) in [4.78, 5) is 40.2. The Bertz CT molecular complexity index is 1660. The summed E-state index contributed by atoms with van der Waals surface area (Å²) in [6.07, 6.45) is 1.66. The molecule has 0 bridgehead atoms. The number of hydrogen-bond acceptors (Lipinski definition) is 6. The largest absolute Gasteiger partial charge is 0.493 e. The average Bonchev–Trinajstić information content (AvgIpc) is 3.23. The summed E-state index contributed by atoms with van der Waals surface area (Å²) in [5.74, 6) is 0.430. The Morgan fingerprint density at radius 2 is 1.71 bits per heavy atom. The summed E-state index contributed by atoms with van der Waals surface area (Å²) in [7, 11) is 1.50. The normalized spacial score (nSPS) is 14.2. The van der Waals surface area contributed by atoms with Crippen LogP contribution in [0.2, 0.25) is 0 Å². The molecule has 4 aromatic carbocycles. The van der Waals surface area contributed by atoms with Crippen LogP contribution in [0.25, 0.3) is 16.8 Å². The summed E-state index contributed by atoms with van der Waals surface area (Å²) in [6.45, 7) is 4.14. The summed E-state index contributed by atoms with van der Waals surface area (Å²) in [5.41, 5.74) is 3.38. The number of amides is 3. The highest BCUT2D eigenvalue weighted by atomic mass is 32.2. The Hall–Kier alpha value is -4.56. The number of nitrogens with one attached hydrogen (secondary N) is 1. The lowest BCUT2D eigenvalue weighted by Gasteiger charge is -2.15. The summed E-state index contributed by atoms with van der Waals surface area (Å²) < 4.78 is 11.2. The summed E-state index contributed by atoms with van der Waals surface area (Å²) in [6, 6.07) is 26.6. The number of rotatable bonds is 9. The van der Waals surface area contributed by atoms with E-state index < -0.39 is 0 Å². The van der Waals surface area contributed by atoms with Gasteiger partial charge in [-0.15, -0.1) is 0 Å². The fourth-order valence-electron chi connectivity index (χ4n) is 4.73. The van der Waals surface area contributed by atoms with E-state index >= 15 is 0 Å². The van der Waals surface area contributed by atoms with E-state index in [0.717, 1.165) is 39.3 Å². The first-order chi connectivity index (χ1) is 19.8. The zero-order valence-electron chi connectivity index (χ0n) is 23.0. The van der Waals surface area contributed by atoms with Crippen molar-refractivity contribution in [1.82, 2.24) is 4.90 Å². The van der Waals surface area contributed by atoms with Gasteiger partial charge in [0.05, 0.1) is 18.6 Å². The molecule has 1 heterocycles. The molecular weight excluding hydrogens is 536 g/mol. The van der Waals surface area contributed by atoms with Gasteiger partial charge in [-0.1, -0.05) is 80.6 Å². The number of carbonyl (C=O) groups excluding carboxylic acids is 3. The summed E-state index contributed by atoms with van der Waals surface area (Å²) in [5, 5.41) is 4.66. The van der Waals surface area contributed by atoms with Gasteiger partial charge < -0.3 is 14.8 Å². The van der Waals surface area contributed by atoms with E-state index in [2.05, 4.69) is 19.2 Å². The number of hydrogen-bond donors (Lipinski definition) is 1. The molecule has 0 aromatic heterocycles. The molecule has 41 heavy (non-hydrogen) atoms. The van der Waals surface area contributed by atoms with Crippen molar-refractivity contribution in [3.8, 4) is 11.5 Å². The van der Waals surface area contributed by atoms with E-state index in [9.17, 15) is 14.4 Å². The maximum atomic E-state index is 13.2. The van der Waals surface area contributed by atoms with Crippen molar-refractivity contribution >= 4 is 51.4 Å². The molecule has 208 valence electrons. The minimum Gasteiger partial charge on any atom is -0.493 e. The molecule has 1 fully saturated rings. The zero-order valence-corrected chi connectivity index (χ0v) is 23.9. The molecule has 1 aliphatic heterocycles. The Morgan fingerprint density at radius 3 is 2.51 bits per heavy atom. The standard InChI is InChI=1S/C33H30N2O5S/c1-21(2)25-12-6-7-14-27(25)34-31(36)20-40-28-16-15-22(17-29(28)39-3)18-30-32(37)35(33(38)41-30)19-24-11-8-10-23-9-4-5-13-26(23)24/h4-18,21H,19-20H2,1-3H3,(H,34,36)/b30-18-. The molecule has 5 rings (SSSR count). The van der Waals surface area contributed by atoms with Crippen molar-refractivity contribution in [3.05, 3.63) is 107 Å². The molecule has 8 heteroatoms. The maximum absolute atomic E-state index is 13.2. The van der Waals surface area contributed by atoms with E-state index in [0.29, 0.717) is 22.0 Å². The second-order valence-electron chi connectivity index (χ2n) is 9.90. The second kappa shape index (κ2) is 12.3. The van der Waals surface area contributed by atoms with Crippen molar-refractivity contribution in [2.24, 2.45) is 0 Å². The van der Waals surface area contributed by atoms with Crippen LogP contribution >= 0.6 is 11.8 Å². The number of anilines is 1. The molecule has 1 N–H and O–H groups in total. The van der Waals surface area contributed by atoms with Crippen molar-refractivity contribution in [2.45, 2.75) is 26.3 Å². The number of imide groups is 1. The van der Waals surface area contributed by atoms with Gasteiger partial charge in [0, 0.05) is 5.69 Å². The predicted octanol–water partition coefficient (Wildman–Crippen LogP) is 7.23. The highest BCUT2D eigenvalue weighted by Crippen LogP contribution is 2.36. The third-order valence-electron chi connectivity index (χ3n) is 6.78. The fraction of sp³-hybridized carbons (Fsp3) is 0.182. The first-order valence-electron chi connectivity index (χ1n) is 13.3. The molecule has 1 saturated heterocycles. The first-order valence-corrected chi connectivity index (χ1v) is 14.1. The number of thioether (sulfide) groups is 1. The molecule has 0 aliphatic carbocycles. The Balaban J connectivity index is 1.27. The van der Waals surface area contributed by atoms with E-state index in [1.165, 1.54) is 12.0 Å². The molecular formula is C33H30N2O5S. The van der Waals surface area contributed by atoms with Gasteiger partial charge in [-0.05, 0) is 69.4 Å².